The molecule has 0 saturated heterocycles. The standard InChI is InChI=1S/C35H29N3O4S/c1-23-31(33(39)37-27-13-7-4-8-14-27)32(26-12-9-15-29(21-26)41-2)38-34(40)30(43-35(38)36-23)20-24-16-18-28(19-17-24)42-22-25-10-5-3-6-11-25/h3-21,32H,22H2,1-2H3,(H,37,39)/b30-20+. The summed E-state index contributed by atoms with van der Waals surface area (Å²) in [4.78, 5) is 33.0. The SMILES string of the molecule is COc1cccc(C2C(C(=O)Nc3ccccc3)=C(C)N=c3s/c(=C/c4ccc(OCc5ccccc5)cc4)c(=O)n32)c1. The van der Waals surface area contributed by atoms with E-state index in [0.717, 1.165) is 22.4 Å². The summed E-state index contributed by atoms with van der Waals surface area (Å²) in [5.74, 6) is 1.05. The van der Waals surface area contributed by atoms with Crippen molar-refractivity contribution in [2.45, 2.75) is 19.6 Å². The number of amides is 1. The van der Waals surface area contributed by atoms with Gasteiger partial charge in [-0.05, 0) is 66.1 Å². The van der Waals surface area contributed by atoms with Gasteiger partial charge in [0.15, 0.2) is 4.80 Å². The Morgan fingerprint density at radius 3 is 2.37 bits per heavy atom. The molecule has 0 bridgehead atoms. The number of carbonyl (C=O) groups is 1. The first kappa shape index (κ1) is 27.9. The first-order valence-electron chi connectivity index (χ1n) is 13.8. The largest absolute Gasteiger partial charge is 0.497 e. The van der Waals surface area contributed by atoms with Crippen molar-refractivity contribution >= 4 is 29.0 Å². The number of fused-ring (bicyclic) bond motifs is 1. The van der Waals surface area contributed by atoms with Gasteiger partial charge in [0.05, 0.1) is 29.0 Å². The third-order valence-corrected chi connectivity index (χ3v) is 8.12. The minimum Gasteiger partial charge on any atom is -0.497 e. The number of anilines is 1. The minimum atomic E-state index is -0.689. The summed E-state index contributed by atoms with van der Waals surface area (Å²) in [5, 5.41) is 2.97. The lowest BCUT2D eigenvalue weighted by atomic mass is 9.95. The Morgan fingerprint density at radius 1 is 0.930 bits per heavy atom. The number of ether oxygens (including phenoxy) is 2. The normalized spacial score (nSPS) is 14.6. The van der Waals surface area contributed by atoms with E-state index >= 15 is 0 Å². The van der Waals surface area contributed by atoms with Crippen LogP contribution in [0.15, 0.2) is 130 Å². The maximum absolute atomic E-state index is 14.0. The third kappa shape index (κ3) is 6.05. The van der Waals surface area contributed by atoms with Gasteiger partial charge in [0.2, 0.25) is 0 Å². The van der Waals surface area contributed by atoms with Crippen LogP contribution in [0.5, 0.6) is 11.5 Å². The zero-order valence-electron chi connectivity index (χ0n) is 23.7. The predicted molar refractivity (Wildman–Crippen MR) is 169 cm³/mol. The van der Waals surface area contributed by atoms with E-state index in [-0.39, 0.29) is 11.5 Å². The van der Waals surface area contributed by atoms with Crippen molar-refractivity contribution in [1.82, 2.24) is 4.57 Å². The molecule has 1 aliphatic heterocycles. The Kier molecular flexibility index (Phi) is 8.02. The monoisotopic (exact) mass is 587 g/mol. The van der Waals surface area contributed by atoms with Crippen molar-refractivity contribution in [2.75, 3.05) is 12.4 Å². The van der Waals surface area contributed by atoms with Gasteiger partial charge in [-0.1, -0.05) is 84.1 Å². The number of methoxy groups -OCH3 is 1. The van der Waals surface area contributed by atoms with E-state index in [1.165, 1.54) is 11.3 Å². The number of aromatic nitrogens is 1. The van der Waals surface area contributed by atoms with Gasteiger partial charge in [-0.15, -0.1) is 0 Å². The molecule has 0 aliphatic carbocycles. The first-order valence-corrected chi connectivity index (χ1v) is 14.6. The molecule has 0 spiro atoms. The number of para-hydroxylation sites is 1. The van der Waals surface area contributed by atoms with Crippen molar-refractivity contribution in [3.8, 4) is 11.5 Å². The fourth-order valence-corrected chi connectivity index (χ4v) is 6.06. The highest BCUT2D eigenvalue weighted by molar-refractivity contribution is 7.07. The van der Waals surface area contributed by atoms with Gasteiger partial charge in [-0.25, -0.2) is 4.99 Å². The van der Waals surface area contributed by atoms with E-state index in [1.54, 1.807) is 18.6 Å². The molecule has 43 heavy (non-hydrogen) atoms. The zero-order chi connectivity index (χ0) is 29.8. The second kappa shape index (κ2) is 12.3. The molecule has 1 unspecified atom stereocenters. The maximum atomic E-state index is 14.0. The molecular formula is C35H29N3O4S. The molecule has 0 saturated carbocycles. The number of benzene rings is 4. The second-order valence-corrected chi connectivity index (χ2v) is 11.0. The van der Waals surface area contributed by atoms with Crippen LogP contribution in [-0.4, -0.2) is 17.6 Å². The molecule has 214 valence electrons. The molecule has 4 aromatic carbocycles. The number of rotatable bonds is 8. The fourth-order valence-electron chi connectivity index (χ4n) is 5.01. The summed E-state index contributed by atoms with van der Waals surface area (Å²) in [6.45, 7) is 2.28. The van der Waals surface area contributed by atoms with Crippen molar-refractivity contribution in [1.29, 1.82) is 0 Å². The second-order valence-electron chi connectivity index (χ2n) is 10.0. The first-order chi connectivity index (χ1) is 21.0. The minimum absolute atomic E-state index is 0.224. The molecule has 2 heterocycles. The van der Waals surface area contributed by atoms with E-state index in [4.69, 9.17) is 14.5 Å². The molecule has 5 aromatic rings. The lowest BCUT2D eigenvalue weighted by Crippen LogP contribution is -2.40. The summed E-state index contributed by atoms with van der Waals surface area (Å²) >= 11 is 1.30. The van der Waals surface area contributed by atoms with Crippen molar-refractivity contribution in [2.24, 2.45) is 4.99 Å². The van der Waals surface area contributed by atoms with Gasteiger partial charge in [0.1, 0.15) is 18.1 Å². The van der Waals surface area contributed by atoms with Crippen LogP contribution in [0, 0.1) is 0 Å². The lowest BCUT2D eigenvalue weighted by Gasteiger charge is -2.25. The highest BCUT2D eigenvalue weighted by Gasteiger charge is 2.32. The van der Waals surface area contributed by atoms with Gasteiger partial charge < -0.3 is 14.8 Å². The summed E-state index contributed by atoms with van der Waals surface area (Å²) in [5.41, 5.74) is 4.08. The molecule has 1 atom stereocenters. The number of allylic oxidation sites excluding steroid dienone is 1. The predicted octanol–water partition coefficient (Wildman–Crippen LogP) is 5.46. The van der Waals surface area contributed by atoms with Crippen LogP contribution < -0.4 is 29.7 Å². The van der Waals surface area contributed by atoms with Crippen molar-refractivity contribution in [3.05, 3.63) is 157 Å². The average molecular weight is 588 g/mol. The summed E-state index contributed by atoms with van der Waals surface area (Å²) in [6.07, 6.45) is 1.84. The summed E-state index contributed by atoms with van der Waals surface area (Å²) in [7, 11) is 1.59. The van der Waals surface area contributed by atoms with Crippen LogP contribution in [0.4, 0.5) is 5.69 Å². The van der Waals surface area contributed by atoms with E-state index in [1.807, 2.05) is 115 Å². The van der Waals surface area contributed by atoms with Crippen molar-refractivity contribution < 1.29 is 14.3 Å². The Morgan fingerprint density at radius 2 is 1.65 bits per heavy atom. The van der Waals surface area contributed by atoms with Gasteiger partial charge in [-0.3, -0.25) is 14.2 Å². The number of hydrogen-bond donors (Lipinski definition) is 1. The average Bonchev–Trinajstić information content (AvgIpc) is 3.34. The summed E-state index contributed by atoms with van der Waals surface area (Å²) < 4.78 is 13.5. The van der Waals surface area contributed by atoms with Crippen LogP contribution in [-0.2, 0) is 11.4 Å². The third-order valence-electron chi connectivity index (χ3n) is 7.13. The number of carbonyl (C=O) groups excluding carboxylic acids is 1. The van der Waals surface area contributed by atoms with Gasteiger partial charge in [0.25, 0.3) is 11.5 Å². The Balaban J connectivity index is 1.37. The maximum Gasteiger partial charge on any atom is 0.271 e. The van der Waals surface area contributed by atoms with E-state index < -0.39 is 6.04 Å². The van der Waals surface area contributed by atoms with Gasteiger partial charge in [-0.2, -0.15) is 0 Å². The number of nitrogens with zero attached hydrogens (tertiary/aromatic N) is 2. The lowest BCUT2D eigenvalue weighted by molar-refractivity contribution is -0.113. The van der Waals surface area contributed by atoms with Crippen molar-refractivity contribution in [3.63, 3.8) is 0 Å². The van der Waals surface area contributed by atoms with E-state index in [2.05, 4.69) is 5.32 Å². The van der Waals surface area contributed by atoms with Gasteiger partial charge >= 0.3 is 0 Å². The Bertz CT molecular complexity index is 1980. The van der Waals surface area contributed by atoms with Crippen LogP contribution in [0.3, 0.4) is 0 Å². The number of nitrogens with one attached hydrogen (secondary N) is 1. The smallest absolute Gasteiger partial charge is 0.271 e. The molecule has 1 amide bonds. The molecular weight excluding hydrogens is 558 g/mol. The van der Waals surface area contributed by atoms with Crippen LogP contribution >= 0.6 is 11.3 Å². The molecule has 1 aliphatic rings. The Labute approximate surface area is 252 Å². The molecule has 0 radical (unpaired) electrons. The molecule has 0 fully saturated rings. The summed E-state index contributed by atoms with van der Waals surface area (Å²) in [6, 6.07) is 33.6. The highest BCUT2D eigenvalue weighted by atomic mass is 32.1. The van der Waals surface area contributed by atoms with Crippen LogP contribution in [0.25, 0.3) is 6.08 Å². The fraction of sp³-hybridized carbons (Fsp3) is 0.114. The van der Waals surface area contributed by atoms with E-state index in [0.29, 0.717) is 38.6 Å². The van der Waals surface area contributed by atoms with E-state index in [9.17, 15) is 9.59 Å². The van der Waals surface area contributed by atoms with Crippen LogP contribution in [0.2, 0.25) is 0 Å². The van der Waals surface area contributed by atoms with Gasteiger partial charge in [0, 0.05) is 5.69 Å². The molecule has 6 rings (SSSR count). The molecule has 1 aromatic heterocycles. The Hall–Kier alpha value is -5.21. The molecule has 8 heteroatoms. The molecule has 1 N–H and O–H groups in total. The number of hydrogen-bond acceptors (Lipinski definition) is 6. The highest BCUT2D eigenvalue weighted by Crippen LogP contribution is 2.32. The topological polar surface area (TPSA) is 81.9 Å². The quantitative estimate of drug-likeness (QED) is 0.261. The van der Waals surface area contributed by atoms with Crippen LogP contribution in [0.1, 0.15) is 29.7 Å². The molecule has 7 nitrogen and oxygen atoms in total. The number of thiazole rings is 1. The zero-order valence-corrected chi connectivity index (χ0v) is 24.5.